The molecule has 1 aliphatic rings. The Labute approximate surface area is 149 Å². The number of hydrogen-bond donors (Lipinski definition) is 1. The predicted octanol–water partition coefficient (Wildman–Crippen LogP) is 2.04. The molecule has 1 aliphatic heterocycles. The standard InChI is InChI=1S/C15H19ClN4O3S/c16-11-3-5-13(6-4-11)23-9-12(21)10-24-15-17-18-19-20(15)8-14-2-1-7-22-14/h3-6,12,14,21H,1-2,7-10H2/t12-,14-/m1/s1. The summed E-state index contributed by atoms with van der Waals surface area (Å²) in [7, 11) is 0. The van der Waals surface area contributed by atoms with Crippen molar-refractivity contribution in [2.45, 2.75) is 36.8 Å². The zero-order valence-corrected chi connectivity index (χ0v) is 14.6. The van der Waals surface area contributed by atoms with Gasteiger partial charge in [0.25, 0.3) is 0 Å². The lowest BCUT2D eigenvalue weighted by Crippen LogP contribution is -2.21. The summed E-state index contributed by atoms with van der Waals surface area (Å²) < 4.78 is 12.9. The van der Waals surface area contributed by atoms with E-state index in [1.165, 1.54) is 11.8 Å². The number of ether oxygens (including phenoxy) is 2. The molecule has 1 fully saturated rings. The van der Waals surface area contributed by atoms with Crippen molar-refractivity contribution in [1.82, 2.24) is 20.2 Å². The van der Waals surface area contributed by atoms with E-state index in [0.29, 0.717) is 28.2 Å². The quantitative estimate of drug-likeness (QED) is 0.712. The number of halogens is 1. The zero-order valence-electron chi connectivity index (χ0n) is 13.0. The summed E-state index contributed by atoms with van der Waals surface area (Å²) in [6, 6.07) is 7.03. The van der Waals surface area contributed by atoms with Gasteiger partial charge in [-0.2, -0.15) is 0 Å². The van der Waals surface area contributed by atoms with E-state index in [9.17, 15) is 5.11 Å². The van der Waals surface area contributed by atoms with Gasteiger partial charge in [-0.15, -0.1) is 5.10 Å². The van der Waals surface area contributed by atoms with E-state index in [4.69, 9.17) is 21.1 Å². The van der Waals surface area contributed by atoms with Gasteiger partial charge in [-0.25, -0.2) is 4.68 Å². The summed E-state index contributed by atoms with van der Waals surface area (Å²) in [5.41, 5.74) is 0. The van der Waals surface area contributed by atoms with Gasteiger partial charge < -0.3 is 14.6 Å². The van der Waals surface area contributed by atoms with Crippen molar-refractivity contribution in [3.8, 4) is 5.75 Å². The van der Waals surface area contributed by atoms with Gasteiger partial charge in [-0.1, -0.05) is 23.4 Å². The highest BCUT2D eigenvalue weighted by Crippen LogP contribution is 2.20. The number of aliphatic hydroxyl groups is 1. The Balaban J connectivity index is 1.43. The first-order valence-corrected chi connectivity index (χ1v) is 9.14. The molecule has 1 saturated heterocycles. The second-order valence-corrected chi connectivity index (χ2v) is 6.93. The predicted molar refractivity (Wildman–Crippen MR) is 90.5 cm³/mol. The Morgan fingerprint density at radius 1 is 1.42 bits per heavy atom. The number of nitrogens with zero attached hydrogens (tertiary/aromatic N) is 4. The van der Waals surface area contributed by atoms with E-state index >= 15 is 0 Å². The number of aliphatic hydroxyl groups excluding tert-OH is 1. The summed E-state index contributed by atoms with van der Waals surface area (Å²) in [5.74, 6) is 1.12. The lowest BCUT2D eigenvalue weighted by Gasteiger charge is -2.13. The largest absolute Gasteiger partial charge is 0.491 e. The Hall–Kier alpha value is -1.35. The Bertz CT molecular complexity index is 634. The summed E-state index contributed by atoms with van der Waals surface area (Å²) in [4.78, 5) is 0. The summed E-state index contributed by atoms with van der Waals surface area (Å²) in [6.07, 6.45) is 1.65. The summed E-state index contributed by atoms with van der Waals surface area (Å²) in [5, 5.41) is 23.1. The van der Waals surface area contributed by atoms with Crippen LogP contribution in [0, 0.1) is 0 Å². The van der Waals surface area contributed by atoms with Crippen molar-refractivity contribution in [3.63, 3.8) is 0 Å². The zero-order chi connectivity index (χ0) is 16.8. The number of rotatable bonds is 8. The molecule has 2 heterocycles. The van der Waals surface area contributed by atoms with Crippen LogP contribution in [0.25, 0.3) is 0 Å². The Morgan fingerprint density at radius 2 is 2.25 bits per heavy atom. The number of thioether (sulfide) groups is 1. The first-order chi connectivity index (χ1) is 11.7. The fourth-order valence-electron chi connectivity index (χ4n) is 2.34. The van der Waals surface area contributed by atoms with Crippen LogP contribution < -0.4 is 4.74 Å². The molecular formula is C15H19ClN4O3S. The highest BCUT2D eigenvalue weighted by atomic mass is 35.5. The first-order valence-electron chi connectivity index (χ1n) is 7.77. The van der Waals surface area contributed by atoms with E-state index in [1.807, 2.05) is 0 Å². The molecule has 0 aliphatic carbocycles. The van der Waals surface area contributed by atoms with Gasteiger partial charge in [0.05, 0.1) is 18.8 Å². The number of tetrazole rings is 1. The smallest absolute Gasteiger partial charge is 0.209 e. The van der Waals surface area contributed by atoms with Crippen LogP contribution in [0.2, 0.25) is 5.02 Å². The highest BCUT2D eigenvalue weighted by molar-refractivity contribution is 7.99. The number of aromatic nitrogens is 4. The lowest BCUT2D eigenvalue weighted by atomic mass is 10.2. The maximum absolute atomic E-state index is 10.1. The fourth-order valence-corrected chi connectivity index (χ4v) is 3.26. The number of benzene rings is 1. The fraction of sp³-hybridized carbons (Fsp3) is 0.533. The van der Waals surface area contributed by atoms with Crippen LogP contribution in [0.3, 0.4) is 0 Å². The van der Waals surface area contributed by atoms with Crippen molar-refractivity contribution in [1.29, 1.82) is 0 Å². The van der Waals surface area contributed by atoms with Gasteiger partial charge >= 0.3 is 0 Å². The van der Waals surface area contributed by atoms with Crippen LogP contribution >= 0.6 is 23.4 Å². The van der Waals surface area contributed by atoms with Crippen LogP contribution in [0.1, 0.15) is 12.8 Å². The van der Waals surface area contributed by atoms with Crippen molar-refractivity contribution >= 4 is 23.4 Å². The molecule has 2 aromatic rings. The summed E-state index contributed by atoms with van der Waals surface area (Å²) in [6.45, 7) is 1.64. The second-order valence-electron chi connectivity index (χ2n) is 5.51. The molecule has 3 rings (SSSR count). The maximum atomic E-state index is 10.1. The molecule has 1 N–H and O–H groups in total. The molecule has 130 valence electrons. The minimum atomic E-state index is -0.626. The van der Waals surface area contributed by atoms with Crippen LogP contribution in [-0.4, -0.2) is 56.5 Å². The normalized spacial score (nSPS) is 18.7. The molecule has 1 aromatic carbocycles. The molecular weight excluding hydrogens is 352 g/mol. The molecule has 0 bridgehead atoms. The molecule has 0 saturated carbocycles. The monoisotopic (exact) mass is 370 g/mol. The van der Waals surface area contributed by atoms with Crippen LogP contribution in [0.15, 0.2) is 29.4 Å². The third-order valence-electron chi connectivity index (χ3n) is 3.56. The number of hydrogen-bond acceptors (Lipinski definition) is 7. The van der Waals surface area contributed by atoms with Crippen LogP contribution in [0.5, 0.6) is 5.75 Å². The van der Waals surface area contributed by atoms with Gasteiger partial charge in [-0.3, -0.25) is 0 Å². The van der Waals surface area contributed by atoms with Gasteiger partial charge in [0.1, 0.15) is 12.4 Å². The van der Waals surface area contributed by atoms with Crippen molar-refractivity contribution < 1.29 is 14.6 Å². The molecule has 24 heavy (non-hydrogen) atoms. The second kappa shape index (κ2) is 8.66. The van der Waals surface area contributed by atoms with Gasteiger partial charge in [0, 0.05) is 17.4 Å². The van der Waals surface area contributed by atoms with Crippen LogP contribution in [-0.2, 0) is 11.3 Å². The molecule has 0 spiro atoms. The van der Waals surface area contributed by atoms with E-state index in [1.54, 1.807) is 28.9 Å². The van der Waals surface area contributed by atoms with Crippen LogP contribution in [0.4, 0.5) is 0 Å². The minimum Gasteiger partial charge on any atom is -0.491 e. The minimum absolute atomic E-state index is 0.172. The highest BCUT2D eigenvalue weighted by Gasteiger charge is 2.19. The van der Waals surface area contributed by atoms with Gasteiger partial charge in [-0.05, 0) is 47.5 Å². The molecule has 0 amide bonds. The average Bonchev–Trinajstić information content (AvgIpc) is 3.25. The molecule has 0 unspecified atom stereocenters. The van der Waals surface area contributed by atoms with E-state index < -0.39 is 6.10 Å². The van der Waals surface area contributed by atoms with Crippen molar-refractivity contribution in [3.05, 3.63) is 29.3 Å². The molecule has 1 aromatic heterocycles. The Kier molecular flexibility index (Phi) is 6.30. The average molecular weight is 371 g/mol. The van der Waals surface area contributed by atoms with E-state index in [2.05, 4.69) is 15.5 Å². The molecule has 9 heteroatoms. The van der Waals surface area contributed by atoms with E-state index in [-0.39, 0.29) is 12.7 Å². The third-order valence-corrected chi connectivity index (χ3v) is 4.91. The SMILES string of the molecule is O[C@H](COc1ccc(Cl)cc1)CSc1nnnn1C[C@H]1CCCO1. The van der Waals surface area contributed by atoms with Gasteiger partial charge in [0.15, 0.2) is 0 Å². The van der Waals surface area contributed by atoms with Crippen molar-refractivity contribution in [2.75, 3.05) is 19.0 Å². The molecule has 2 atom stereocenters. The van der Waals surface area contributed by atoms with E-state index in [0.717, 1.165) is 19.4 Å². The molecule has 0 radical (unpaired) electrons. The third kappa shape index (κ3) is 5.07. The topological polar surface area (TPSA) is 82.3 Å². The Morgan fingerprint density at radius 3 is 3.00 bits per heavy atom. The summed E-state index contributed by atoms with van der Waals surface area (Å²) >= 11 is 7.22. The lowest BCUT2D eigenvalue weighted by molar-refractivity contribution is 0.0911. The molecule has 7 nitrogen and oxygen atoms in total. The first kappa shape index (κ1) is 17.5. The maximum Gasteiger partial charge on any atom is 0.209 e. The van der Waals surface area contributed by atoms with Crippen molar-refractivity contribution in [2.24, 2.45) is 0 Å². The van der Waals surface area contributed by atoms with Gasteiger partial charge in [0.2, 0.25) is 5.16 Å².